The van der Waals surface area contributed by atoms with Crippen molar-refractivity contribution in [1.29, 1.82) is 0 Å². The summed E-state index contributed by atoms with van der Waals surface area (Å²) in [5.41, 5.74) is 0. The van der Waals surface area contributed by atoms with E-state index in [-0.39, 0.29) is 29.8 Å². The molecule has 10 heavy (non-hydrogen) atoms. The minimum atomic E-state index is 0. The summed E-state index contributed by atoms with van der Waals surface area (Å²) in [5.74, 6) is 0. The number of rotatable bonds is 0. The summed E-state index contributed by atoms with van der Waals surface area (Å²) in [6.45, 7) is 9.75. The Labute approximate surface area is 77.1 Å². The molecular weight excluding hydrogens is 305 g/mol. The standard InChI is InChI=1S/CH4O.3CHO.CH3.Ta/c4*1-2;;/h2H,1H3;3*1H;1H3;/q;4*-1;. The Morgan fingerprint density at radius 1 is 0.800 bits per heavy atom. The van der Waals surface area contributed by atoms with Gasteiger partial charge in [-0.1, -0.05) is 0 Å². The molecule has 5 heteroatoms. The smallest absolute Gasteiger partial charge is 0.0319 e. The van der Waals surface area contributed by atoms with Crippen LogP contribution in [0, 0.1) is 7.43 Å². The molecule has 0 spiro atoms. The van der Waals surface area contributed by atoms with E-state index in [1.165, 1.54) is 0 Å². The van der Waals surface area contributed by atoms with E-state index in [1.807, 2.05) is 0 Å². The van der Waals surface area contributed by atoms with Crippen molar-refractivity contribution in [3.8, 4) is 0 Å². The number of hydrogen-bond acceptors (Lipinski definition) is 4. The maximum absolute atomic E-state index is 7.75. The van der Waals surface area contributed by atoms with E-state index >= 15 is 0 Å². The van der Waals surface area contributed by atoms with Crippen LogP contribution in [-0.2, 0) is 36.8 Å². The van der Waals surface area contributed by atoms with Gasteiger partial charge in [0.25, 0.3) is 0 Å². The Morgan fingerprint density at radius 3 is 0.800 bits per heavy atom. The fourth-order valence-electron chi connectivity index (χ4n) is 0. The van der Waals surface area contributed by atoms with Crippen LogP contribution in [-0.4, -0.2) is 32.6 Å². The molecule has 0 unspecified atom stereocenters. The average molecular weight is 315 g/mol. The van der Waals surface area contributed by atoms with Crippen molar-refractivity contribution in [2.45, 2.75) is 0 Å². The first-order valence-corrected chi connectivity index (χ1v) is 1.15. The summed E-state index contributed by atoms with van der Waals surface area (Å²) in [6, 6.07) is 0. The van der Waals surface area contributed by atoms with Gasteiger partial charge in [0.05, 0.1) is 0 Å². The van der Waals surface area contributed by atoms with Crippen LogP contribution in [0.15, 0.2) is 0 Å². The van der Waals surface area contributed by atoms with Crippen LogP contribution >= 0.6 is 0 Å². The van der Waals surface area contributed by atoms with Crippen molar-refractivity contribution >= 4 is 20.4 Å². The van der Waals surface area contributed by atoms with Crippen LogP contribution in [0.25, 0.3) is 0 Å². The van der Waals surface area contributed by atoms with Crippen molar-refractivity contribution in [2.75, 3.05) is 7.11 Å². The average Bonchev–Trinajstić information content (AvgIpc) is 2.03. The van der Waals surface area contributed by atoms with Crippen LogP contribution in [0.4, 0.5) is 0 Å². The van der Waals surface area contributed by atoms with E-state index in [2.05, 4.69) is 20.4 Å². The molecule has 0 bridgehead atoms. The van der Waals surface area contributed by atoms with Gasteiger partial charge < -0.3 is 26.9 Å². The second-order valence-electron chi connectivity index (χ2n) is 0. The second kappa shape index (κ2) is 6170. The van der Waals surface area contributed by atoms with E-state index < -0.39 is 0 Å². The van der Waals surface area contributed by atoms with Gasteiger partial charge in [0.1, 0.15) is 0 Å². The third kappa shape index (κ3) is 4140. The molecule has 1 N–H and O–H groups in total. The zero-order valence-corrected chi connectivity index (χ0v) is 9.06. The van der Waals surface area contributed by atoms with Crippen LogP contribution in [0.2, 0.25) is 0 Å². The SMILES string of the molecule is CO.[CH-]=O.[CH-]=O.[CH-]=O.[CH3-].[Ta]. The molecule has 0 saturated carbocycles. The fraction of sp³-hybridized carbons (Fsp3) is 0.200. The summed E-state index contributed by atoms with van der Waals surface area (Å²) >= 11 is 0. The maximum Gasteiger partial charge on any atom is 0.0319 e. The van der Waals surface area contributed by atoms with Gasteiger partial charge in [-0.15, -0.1) is 0 Å². The second-order valence-corrected chi connectivity index (χ2v) is 0. The normalized spacial score (nSPS) is 1.80. The number of carbonyl (C=O) groups excluding carboxylic acids is 3. The molecule has 0 amide bonds. The van der Waals surface area contributed by atoms with Crippen molar-refractivity contribution in [3.05, 3.63) is 7.43 Å². The van der Waals surface area contributed by atoms with Gasteiger partial charge in [-0.05, 0) is 0 Å². The largest absolute Gasteiger partial charge is 0.545 e. The third-order valence-corrected chi connectivity index (χ3v) is 0. The van der Waals surface area contributed by atoms with Crippen LogP contribution in [0.3, 0.4) is 0 Å². The first-order chi connectivity index (χ1) is 4.00. The van der Waals surface area contributed by atoms with Crippen molar-refractivity contribution in [3.63, 3.8) is 0 Å². The minimum absolute atomic E-state index is 0. The van der Waals surface area contributed by atoms with Gasteiger partial charge in [-0.25, -0.2) is 0 Å². The van der Waals surface area contributed by atoms with Gasteiger partial charge >= 0.3 is 0 Å². The van der Waals surface area contributed by atoms with Crippen LogP contribution < -0.4 is 0 Å². The Bertz CT molecular complexity index is 18.4. The minimum Gasteiger partial charge on any atom is -0.545 e. The van der Waals surface area contributed by atoms with Crippen LogP contribution in [0.1, 0.15) is 0 Å². The first-order valence-electron chi connectivity index (χ1n) is 1.15. The first kappa shape index (κ1) is 53.5. The molecule has 0 aromatic carbocycles. The van der Waals surface area contributed by atoms with E-state index in [4.69, 9.17) is 19.5 Å². The molecule has 0 aromatic rings. The molecule has 0 saturated heterocycles. The van der Waals surface area contributed by atoms with Gasteiger partial charge in [0.2, 0.25) is 0 Å². The van der Waals surface area contributed by atoms with Gasteiger partial charge in [0, 0.05) is 29.5 Å². The zero-order valence-electron chi connectivity index (χ0n) is 5.85. The van der Waals surface area contributed by atoms with E-state index in [0.717, 1.165) is 7.11 Å². The van der Waals surface area contributed by atoms with Crippen molar-refractivity contribution in [2.24, 2.45) is 0 Å². The van der Waals surface area contributed by atoms with E-state index in [0.29, 0.717) is 0 Å². The predicted octanol–water partition coefficient (Wildman–Crippen LogP) is -0.766. The molecule has 0 aromatic heterocycles. The Balaban J connectivity index is -0.00000000500. The van der Waals surface area contributed by atoms with E-state index in [1.54, 1.807) is 0 Å². The fourth-order valence-corrected chi connectivity index (χ4v) is 0. The van der Waals surface area contributed by atoms with E-state index in [9.17, 15) is 0 Å². The summed E-state index contributed by atoms with van der Waals surface area (Å²) in [6.07, 6.45) is 0. The zero-order chi connectivity index (χ0) is 8.00. The molecule has 0 heterocycles. The number of hydrogen-bond donors (Lipinski definition) is 1. The number of aliphatic hydroxyl groups excluding tert-OH is 1. The Morgan fingerprint density at radius 2 is 0.800 bits per heavy atom. The molecule has 0 aliphatic heterocycles. The summed E-state index contributed by atoms with van der Waals surface area (Å²) in [5, 5.41) is 7.00. The summed E-state index contributed by atoms with van der Waals surface area (Å²) in [4.78, 5) is 23.2. The molecule has 4 nitrogen and oxygen atoms in total. The van der Waals surface area contributed by atoms with Gasteiger partial charge in [-0.2, -0.15) is 0 Å². The van der Waals surface area contributed by atoms with Crippen molar-refractivity contribution in [1.82, 2.24) is 0 Å². The quantitative estimate of drug-likeness (QED) is 0.471. The molecule has 0 fully saturated rings. The Hall–Kier alpha value is -0.290. The molecule has 1 radical (unpaired) electrons. The van der Waals surface area contributed by atoms with Crippen LogP contribution in [0.5, 0.6) is 0 Å². The molecule has 0 aliphatic carbocycles. The molecular formula is C5H10O4Ta-4. The summed E-state index contributed by atoms with van der Waals surface area (Å²) in [7, 11) is 1.00. The van der Waals surface area contributed by atoms with Gasteiger partial charge in [0.15, 0.2) is 0 Å². The maximum atomic E-state index is 7.75. The molecule has 0 aliphatic rings. The Kier molecular flexibility index (Phi) is 33000. The van der Waals surface area contributed by atoms with Crippen molar-refractivity contribution < 1.29 is 41.9 Å². The third-order valence-electron chi connectivity index (χ3n) is 0. The van der Waals surface area contributed by atoms with Gasteiger partial charge in [-0.3, -0.25) is 20.4 Å². The summed E-state index contributed by atoms with van der Waals surface area (Å²) < 4.78 is 0. The predicted molar refractivity (Wildman–Crippen MR) is 34.8 cm³/mol. The molecule has 63 valence electrons. The monoisotopic (exact) mass is 315 g/mol. The molecule has 0 rings (SSSR count). The molecule has 0 atom stereocenters. The topological polar surface area (TPSA) is 71.4 Å². The number of aliphatic hydroxyl groups is 1.